The lowest BCUT2D eigenvalue weighted by Gasteiger charge is -2.07. The highest BCUT2D eigenvalue weighted by molar-refractivity contribution is 5.91. The van der Waals surface area contributed by atoms with Crippen LogP contribution in [0.15, 0.2) is 168 Å². The third kappa shape index (κ3) is 6.10. The summed E-state index contributed by atoms with van der Waals surface area (Å²) in [5.74, 6) is 1.52. The third-order valence-corrected chi connectivity index (χ3v) is 8.15. The molecule has 5 heteroatoms. The van der Waals surface area contributed by atoms with Gasteiger partial charge in [0.2, 0.25) is 0 Å². The Bertz CT molecular complexity index is 2140. The molecule has 0 aliphatic carbocycles. The van der Waals surface area contributed by atoms with Crippen molar-refractivity contribution in [2.45, 2.75) is 0 Å². The smallest absolute Gasteiger partial charge is 0.127 e. The van der Waals surface area contributed by atoms with Crippen LogP contribution < -0.4 is 4.74 Å². The van der Waals surface area contributed by atoms with E-state index in [1.54, 1.807) is 0 Å². The number of para-hydroxylation sites is 4. The summed E-state index contributed by atoms with van der Waals surface area (Å²) in [6, 6.07) is 53.1. The number of hydrogen-bond donors (Lipinski definition) is 2. The van der Waals surface area contributed by atoms with Gasteiger partial charge in [-0.05, 0) is 96.1 Å². The molecule has 224 valence electrons. The van der Waals surface area contributed by atoms with Crippen molar-refractivity contribution in [1.82, 2.24) is 9.97 Å². The van der Waals surface area contributed by atoms with Crippen LogP contribution in [0.1, 0.15) is 11.1 Å². The van der Waals surface area contributed by atoms with Gasteiger partial charge in [0, 0.05) is 56.7 Å². The maximum Gasteiger partial charge on any atom is 0.127 e. The molecule has 47 heavy (non-hydrogen) atoms. The number of H-pyrrole nitrogens is 2. The Labute approximate surface area is 272 Å². The van der Waals surface area contributed by atoms with Crippen LogP contribution in [0.25, 0.3) is 44.3 Å². The second-order valence-electron chi connectivity index (χ2n) is 11.3. The fraction of sp³-hybridized carbons (Fsp3) is 0. The zero-order valence-electron chi connectivity index (χ0n) is 25.5. The molecular weight excluding hydrogens is 576 g/mol. The summed E-state index contributed by atoms with van der Waals surface area (Å²) >= 11 is 0. The van der Waals surface area contributed by atoms with Crippen LogP contribution in [0.3, 0.4) is 0 Å². The van der Waals surface area contributed by atoms with Crippen LogP contribution in [0.2, 0.25) is 0 Å². The van der Waals surface area contributed by atoms with Gasteiger partial charge in [0.25, 0.3) is 0 Å². The average Bonchev–Trinajstić information content (AvgIpc) is 3.76. The van der Waals surface area contributed by atoms with Crippen molar-refractivity contribution in [2.24, 2.45) is 9.98 Å². The molecule has 2 heterocycles. The van der Waals surface area contributed by atoms with Gasteiger partial charge in [0.15, 0.2) is 0 Å². The normalized spacial score (nSPS) is 11.7. The number of benzene rings is 6. The molecule has 0 aliphatic rings. The predicted octanol–water partition coefficient (Wildman–Crippen LogP) is 11.3. The average molecular weight is 607 g/mol. The number of aromatic amines is 2. The van der Waals surface area contributed by atoms with Gasteiger partial charge in [-0.3, -0.25) is 9.98 Å². The summed E-state index contributed by atoms with van der Waals surface area (Å²) in [4.78, 5) is 16.7. The first kappa shape index (κ1) is 28.0. The van der Waals surface area contributed by atoms with Gasteiger partial charge in [-0.25, -0.2) is 0 Å². The maximum atomic E-state index is 6.13. The number of ether oxygens (including phenoxy) is 1. The van der Waals surface area contributed by atoms with Crippen LogP contribution in [0.5, 0.6) is 11.5 Å². The Morgan fingerprint density at radius 1 is 0.426 bits per heavy atom. The minimum Gasteiger partial charge on any atom is -0.457 e. The Morgan fingerprint density at radius 3 is 1.28 bits per heavy atom. The van der Waals surface area contributed by atoms with Crippen LogP contribution >= 0.6 is 0 Å². The number of fused-ring (bicyclic) bond motifs is 2. The lowest BCUT2D eigenvalue weighted by molar-refractivity contribution is 0.482. The number of nitrogens with zero attached hydrogens (tertiary/aromatic N) is 2. The molecule has 0 saturated heterocycles. The molecule has 2 N–H and O–H groups in total. The van der Waals surface area contributed by atoms with Gasteiger partial charge in [-0.2, -0.15) is 0 Å². The van der Waals surface area contributed by atoms with Crippen molar-refractivity contribution in [3.63, 3.8) is 0 Å². The Hall–Kier alpha value is -6.46. The SMILES string of the molecule is C(=Nc1ccccc1-c1cc2ccccc2[nH]1)c1ccc(Oc2ccc(C=Nc3ccccc3-c3cc4ccccc4[nH]3)cc2)cc1. The first-order valence-electron chi connectivity index (χ1n) is 15.6. The maximum absolute atomic E-state index is 6.13. The second kappa shape index (κ2) is 12.5. The molecular formula is C42H30N4O. The fourth-order valence-corrected chi connectivity index (χ4v) is 5.73. The van der Waals surface area contributed by atoms with E-state index in [9.17, 15) is 0 Å². The molecule has 0 saturated carbocycles. The van der Waals surface area contributed by atoms with Gasteiger partial charge >= 0.3 is 0 Å². The van der Waals surface area contributed by atoms with Crippen LogP contribution in [-0.4, -0.2) is 22.4 Å². The first-order valence-corrected chi connectivity index (χ1v) is 15.6. The van der Waals surface area contributed by atoms with Crippen molar-refractivity contribution in [2.75, 3.05) is 0 Å². The molecule has 0 atom stereocenters. The van der Waals surface area contributed by atoms with E-state index in [-0.39, 0.29) is 0 Å². The largest absolute Gasteiger partial charge is 0.457 e. The number of rotatable bonds is 8. The second-order valence-corrected chi connectivity index (χ2v) is 11.3. The van der Waals surface area contributed by atoms with Gasteiger partial charge in [0.1, 0.15) is 11.5 Å². The number of hydrogen-bond acceptors (Lipinski definition) is 3. The van der Waals surface area contributed by atoms with E-state index >= 15 is 0 Å². The van der Waals surface area contributed by atoms with E-state index in [0.29, 0.717) is 0 Å². The summed E-state index contributed by atoms with van der Waals surface area (Å²) in [6.45, 7) is 0. The van der Waals surface area contributed by atoms with Crippen molar-refractivity contribution in [1.29, 1.82) is 0 Å². The molecule has 6 aromatic carbocycles. The Morgan fingerprint density at radius 2 is 0.830 bits per heavy atom. The summed E-state index contributed by atoms with van der Waals surface area (Å²) in [5, 5.41) is 2.37. The molecule has 0 unspecified atom stereocenters. The highest BCUT2D eigenvalue weighted by Crippen LogP contribution is 2.33. The van der Waals surface area contributed by atoms with E-state index < -0.39 is 0 Å². The zero-order chi connectivity index (χ0) is 31.4. The van der Waals surface area contributed by atoms with Crippen molar-refractivity contribution in [3.8, 4) is 34.0 Å². The van der Waals surface area contributed by atoms with Gasteiger partial charge in [-0.1, -0.05) is 72.8 Å². The summed E-state index contributed by atoms with van der Waals surface area (Å²) in [5.41, 5.74) is 10.2. The van der Waals surface area contributed by atoms with E-state index in [1.807, 2.05) is 109 Å². The molecule has 0 radical (unpaired) electrons. The standard InChI is InChI=1S/C42H30N4O/c1-5-13-37-31(9-1)25-41(45-37)35-11-3-7-15-39(35)43-27-29-17-21-33(22-18-29)47-34-23-19-30(20-24-34)28-44-40-16-8-4-12-36(40)42-26-32-10-2-6-14-38(32)46-42/h1-28,45-46H. The number of aromatic nitrogens is 2. The highest BCUT2D eigenvalue weighted by atomic mass is 16.5. The van der Waals surface area contributed by atoms with E-state index in [1.165, 1.54) is 10.8 Å². The lowest BCUT2D eigenvalue weighted by Crippen LogP contribution is -1.87. The summed E-state index contributed by atoms with van der Waals surface area (Å²) in [7, 11) is 0. The first-order chi connectivity index (χ1) is 23.2. The molecule has 8 rings (SSSR count). The monoisotopic (exact) mass is 606 g/mol. The van der Waals surface area contributed by atoms with Crippen molar-refractivity contribution < 1.29 is 4.74 Å². The van der Waals surface area contributed by atoms with E-state index in [0.717, 1.165) is 67.5 Å². The summed E-state index contributed by atoms with van der Waals surface area (Å²) < 4.78 is 6.13. The van der Waals surface area contributed by atoms with Gasteiger partial charge in [-0.15, -0.1) is 0 Å². The minimum absolute atomic E-state index is 0.759. The molecule has 2 aromatic heterocycles. The number of nitrogens with one attached hydrogen (secondary N) is 2. The zero-order valence-corrected chi connectivity index (χ0v) is 25.5. The molecule has 8 aromatic rings. The van der Waals surface area contributed by atoms with Crippen LogP contribution in [-0.2, 0) is 0 Å². The minimum atomic E-state index is 0.759. The summed E-state index contributed by atoms with van der Waals surface area (Å²) in [6.07, 6.45) is 3.77. The molecule has 0 aliphatic heterocycles. The van der Waals surface area contributed by atoms with Crippen LogP contribution in [0.4, 0.5) is 11.4 Å². The van der Waals surface area contributed by atoms with E-state index in [4.69, 9.17) is 14.7 Å². The number of aliphatic imine (C=N–C) groups is 2. The third-order valence-electron chi connectivity index (χ3n) is 8.15. The quantitative estimate of drug-likeness (QED) is 0.166. The molecule has 0 bridgehead atoms. The lowest BCUT2D eigenvalue weighted by atomic mass is 10.1. The van der Waals surface area contributed by atoms with Gasteiger partial charge in [0.05, 0.1) is 11.4 Å². The Kier molecular flexibility index (Phi) is 7.46. The predicted molar refractivity (Wildman–Crippen MR) is 195 cm³/mol. The molecule has 5 nitrogen and oxygen atoms in total. The highest BCUT2D eigenvalue weighted by Gasteiger charge is 2.09. The topological polar surface area (TPSA) is 65.5 Å². The van der Waals surface area contributed by atoms with Gasteiger partial charge < -0.3 is 14.7 Å². The molecule has 0 amide bonds. The van der Waals surface area contributed by atoms with Crippen LogP contribution in [0, 0.1) is 0 Å². The fourth-order valence-electron chi connectivity index (χ4n) is 5.73. The molecule has 0 fully saturated rings. The van der Waals surface area contributed by atoms with Crippen molar-refractivity contribution >= 4 is 45.6 Å². The van der Waals surface area contributed by atoms with Crippen molar-refractivity contribution in [3.05, 3.63) is 169 Å². The van der Waals surface area contributed by atoms with E-state index in [2.05, 4.69) is 70.6 Å². The Balaban J connectivity index is 0.933. The molecule has 0 spiro atoms.